The number of benzene rings is 1. The molecule has 16 heavy (non-hydrogen) atoms. The van der Waals surface area contributed by atoms with Crippen molar-refractivity contribution in [3.8, 4) is 0 Å². The van der Waals surface area contributed by atoms with Gasteiger partial charge in [-0.25, -0.2) is 0 Å². The van der Waals surface area contributed by atoms with Crippen molar-refractivity contribution >= 4 is 16.9 Å². The van der Waals surface area contributed by atoms with Crippen LogP contribution in [-0.4, -0.2) is 16.1 Å². The number of para-hydroxylation sites is 1. The van der Waals surface area contributed by atoms with Gasteiger partial charge in [0.1, 0.15) is 0 Å². The van der Waals surface area contributed by atoms with Crippen molar-refractivity contribution in [2.45, 2.75) is 19.8 Å². The number of hydrogen-bond acceptors (Lipinski definition) is 2. The number of rotatable bonds is 3. The quantitative estimate of drug-likeness (QED) is 0.855. The lowest BCUT2D eigenvalue weighted by Gasteiger charge is -2.05. The number of carboxylic acids is 1. The average Bonchev–Trinajstić information content (AvgIpc) is 2.27. The summed E-state index contributed by atoms with van der Waals surface area (Å²) in [7, 11) is 0. The van der Waals surface area contributed by atoms with Crippen molar-refractivity contribution < 1.29 is 9.90 Å². The van der Waals surface area contributed by atoms with Crippen LogP contribution >= 0.6 is 0 Å². The third kappa shape index (κ3) is 2.03. The van der Waals surface area contributed by atoms with Crippen LogP contribution < -0.4 is 0 Å². The van der Waals surface area contributed by atoms with Gasteiger partial charge in [0.05, 0.1) is 17.6 Å². The van der Waals surface area contributed by atoms with Crippen LogP contribution in [0.4, 0.5) is 0 Å². The summed E-state index contributed by atoms with van der Waals surface area (Å²) in [4.78, 5) is 15.0. The number of pyridine rings is 1. The molecule has 0 atom stereocenters. The largest absolute Gasteiger partial charge is 0.481 e. The second kappa shape index (κ2) is 4.31. The predicted octanol–water partition coefficient (Wildman–Crippen LogP) is 2.42. The first-order valence-electron chi connectivity index (χ1n) is 5.30. The van der Waals surface area contributed by atoms with Gasteiger partial charge < -0.3 is 5.11 Å². The summed E-state index contributed by atoms with van der Waals surface area (Å²) in [6.07, 6.45) is 0.884. The molecule has 0 spiro atoms. The summed E-state index contributed by atoms with van der Waals surface area (Å²) in [6, 6.07) is 9.72. The van der Waals surface area contributed by atoms with E-state index < -0.39 is 5.97 Å². The Labute approximate surface area is 93.7 Å². The summed E-state index contributed by atoms with van der Waals surface area (Å²) >= 11 is 0. The molecule has 0 aliphatic rings. The van der Waals surface area contributed by atoms with E-state index in [0.29, 0.717) is 5.69 Å². The fraction of sp³-hybridized carbons (Fsp3) is 0.231. The van der Waals surface area contributed by atoms with Gasteiger partial charge in [-0.1, -0.05) is 31.2 Å². The molecule has 3 nitrogen and oxygen atoms in total. The zero-order valence-corrected chi connectivity index (χ0v) is 9.10. The number of carboxylic acid groups (broad SMARTS) is 1. The molecule has 0 aliphatic heterocycles. The lowest BCUT2D eigenvalue weighted by molar-refractivity contribution is -0.136. The highest BCUT2D eigenvalue weighted by atomic mass is 16.4. The summed E-state index contributed by atoms with van der Waals surface area (Å²) in [6.45, 7) is 2.07. The Morgan fingerprint density at radius 1 is 1.31 bits per heavy atom. The Balaban J connectivity index is 2.54. The summed E-state index contributed by atoms with van der Waals surface area (Å²) in [5.74, 6) is -0.846. The van der Waals surface area contributed by atoms with E-state index in [2.05, 4.69) is 11.9 Å². The summed E-state index contributed by atoms with van der Waals surface area (Å²) in [5, 5.41) is 9.79. The highest BCUT2D eigenvalue weighted by Gasteiger charge is 2.05. The fourth-order valence-corrected chi connectivity index (χ4v) is 1.79. The average molecular weight is 215 g/mol. The molecule has 0 saturated carbocycles. The van der Waals surface area contributed by atoms with Gasteiger partial charge in [0.15, 0.2) is 0 Å². The first kappa shape index (κ1) is 10.6. The van der Waals surface area contributed by atoms with E-state index in [1.807, 2.05) is 24.3 Å². The number of hydrogen-bond donors (Lipinski definition) is 1. The second-order valence-corrected chi connectivity index (χ2v) is 3.72. The van der Waals surface area contributed by atoms with Crippen LogP contribution in [0.2, 0.25) is 0 Å². The molecule has 0 bridgehead atoms. The number of fused-ring (bicyclic) bond motifs is 1. The number of carbonyl (C=O) groups is 1. The molecule has 2 rings (SSSR count). The maximum absolute atomic E-state index is 10.6. The van der Waals surface area contributed by atoms with Gasteiger partial charge in [-0.2, -0.15) is 0 Å². The molecule has 1 N–H and O–H groups in total. The number of aryl methyl sites for hydroxylation is 1. The molecule has 0 radical (unpaired) electrons. The minimum absolute atomic E-state index is 0.0199. The number of aliphatic carboxylic acids is 1. The van der Waals surface area contributed by atoms with Crippen molar-refractivity contribution in [2.75, 3.05) is 0 Å². The molecule has 0 fully saturated rings. The van der Waals surface area contributed by atoms with Crippen molar-refractivity contribution in [1.29, 1.82) is 0 Å². The van der Waals surface area contributed by atoms with Gasteiger partial charge >= 0.3 is 5.97 Å². The molecule has 0 saturated heterocycles. The van der Waals surface area contributed by atoms with Gasteiger partial charge in [-0.15, -0.1) is 0 Å². The van der Waals surface area contributed by atoms with Crippen molar-refractivity contribution in [1.82, 2.24) is 4.98 Å². The first-order chi connectivity index (χ1) is 7.70. The van der Waals surface area contributed by atoms with Crippen LogP contribution in [0.25, 0.3) is 10.9 Å². The second-order valence-electron chi connectivity index (χ2n) is 3.72. The van der Waals surface area contributed by atoms with E-state index in [-0.39, 0.29) is 6.42 Å². The van der Waals surface area contributed by atoms with Crippen LogP contribution in [0.1, 0.15) is 18.2 Å². The third-order valence-corrected chi connectivity index (χ3v) is 2.57. The smallest absolute Gasteiger partial charge is 0.309 e. The third-order valence-electron chi connectivity index (χ3n) is 2.57. The zero-order chi connectivity index (χ0) is 11.5. The molecule has 2 aromatic rings. The minimum Gasteiger partial charge on any atom is -0.481 e. The molecule has 0 unspecified atom stereocenters. The maximum Gasteiger partial charge on any atom is 0.309 e. The minimum atomic E-state index is -0.846. The van der Waals surface area contributed by atoms with Crippen LogP contribution in [0, 0.1) is 0 Å². The van der Waals surface area contributed by atoms with Crippen molar-refractivity contribution in [3.05, 3.63) is 41.6 Å². The molecule has 1 heterocycles. The van der Waals surface area contributed by atoms with Gasteiger partial charge in [-0.05, 0) is 18.1 Å². The Hall–Kier alpha value is -1.90. The van der Waals surface area contributed by atoms with E-state index in [1.54, 1.807) is 6.07 Å². The molecular weight excluding hydrogens is 202 g/mol. The van der Waals surface area contributed by atoms with E-state index >= 15 is 0 Å². The van der Waals surface area contributed by atoms with Gasteiger partial charge in [0.2, 0.25) is 0 Å². The Bertz CT molecular complexity index is 534. The van der Waals surface area contributed by atoms with E-state index in [9.17, 15) is 4.79 Å². The SMILES string of the molecule is CCc1cccc2ccc(CC(=O)O)nc12. The highest BCUT2D eigenvalue weighted by molar-refractivity contribution is 5.82. The predicted molar refractivity (Wildman–Crippen MR) is 62.5 cm³/mol. The van der Waals surface area contributed by atoms with Gasteiger partial charge in [0, 0.05) is 5.39 Å². The van der Waals surface area contributed by atoms with Crippen molar-refractivity contribution in [3.63, 3.8) is 0 Å². The lowest BCUT2D eigenvalue weighted by atomic mass is 10.1. The molecule has 0 aliphatic carbocycles. The molecule has 82 valence electrons. The Morgan fingerprint density at radius 2 is 2.12 bits per heavy atom. The molecule has 0 amide bonds. The monoisotopic (exact) mass is 215 g/mol. The Kier molecular flexibility index (Phi) is 2.86. The van der Waals surface area contributed by atoms with Gasteiger partial charge in [-0.3, -0.25) is 9.78 Å². The fourth-order valence-electron chi connectivity index (χ4n) is 1.79. The van der Waals surface area contributed by atoms with Crippen LogP contribution in [-0.2, 0) is 17.6 Å². The van der Waals surface area contributed by atoms with E-state index in [4.69, 9.17) is 5.11 Å². The zero-order valence-electron chi connectivity index (χ0n) is 9.10. The summed E-state index contributed by atoms with van der Waals surface area (Å²) in [5.41, 5.74) is 2.69. The van der Waals surface area contributed by atoms with Gasteiger partial charge in [0.25, 0.3) is 0 Å². The first-order valence-corrected chi connectivity index (χ1v) is 5.30. The topological polar surface area (TPSA) is 50.2 Å². The molecule has 1 aromatic carbocycles. The molecule has 3 heteroatoms. The molecule has 1 aromatic heterocycles. The summed E-state index contributed by atoms with van der Waals surface area (Å²) < 4.78 is 0. The van der Waals surface area contributed by atoms with Crippen LogP contribution in [0.3, 0.4) is 0 Å². The maximum atomic E-state index is 10.6. The van der Waals surface area contributed by atoms with Crippen LogP contribution in [0.5, 0.6) is 0 Å². The van der Waals surface area contributed by atoms with E-state index in [1.165, 1.54) is 0 Å². The van der Waals surface area contributed by atoms with Crippen LogP contribution in [0.15, 0.2) is 30.3 Å². The molecular formula is C13H13NO2. The lowest BCUT2D eigenvalue weighted by Crippen LogP contribution is -2.02. The normalized spacial score (nSPS) is 10.6. The van der Waals surface area contributed by atoms with Crippen molar-refractivity contribution in [2.24, 2.45) is 0 Å². The Morgan fingerprint density at radius 3 is 2.81 bits per heavy atom. The highest BCUT2D eigenvalue weighted by Crippen LogP contribution is 2.17. The number of aromatic nitrogens is 1. The van der Waals surface area contributed by atoms with E-state index in [0.717, 1.165) is 22.9 Å². The number of nitrogens with zero attached hydrogens (tertiary/aromatic N) is 1. The standard InChI is InChI=1S/C13H13NO2/c1-2-9-4-3-5-10-6-7-11(8-12(15)16)14-13(9)10/h3-7H,2,8H2,1H3,(H,15,16).